The Hall–Kier alpha value is -3.38. The standard InChI is InChI=1S/C21H15NO4S/c23-21-14-20(27(24)22-21)15-6-4-9-17(12-15)26-19-11-5-10-18(13-19)25-16-7-2-1-3-8-16/h1-14H,(H,22,23). The van der Waals surface area contributed by atoms with E-state index in [1.54, 1.807) is 30.3 Å². The summed E-state index contributed by atoms with van der Waals surface area (Å²) in [4.78, 5) is 11.8. The maximum atomic E-state index is 11.9. The van der Waals surface area contributed by atoms with E-state index in [2.05, 4.69) is 4.72 Å². The van der Waals surface area contributed by atoms with Crippen LogP contribution in [0.1, 0.15) is 5.56 Å². The van der Waals surface area contributed by atoms with Crippen molar-refractivity contribution in [1.29, 1.82) is 0 Å². The number of ether oxygens (including phenoxy) is 2. The van der Waals surface area contributed by atoms with Crippen molar-refractivity contribution in [3.05, 3.63) is 90.5 Å². The molecule has 0 fully saturated rings. The Morgan fingerprint density at radius 3 is 1.96 bits per heavy atom. The van der Waals surface area contributed by atoms with E-state index in [4.69, 9.17) is 9.47 Å². The maximum Gasteiger partial charge on any atom is 0.257 e. The molecule has 1 aliphatic rings. The van der Waals surface area contributed by atoms with E-state index in [0.29, 0.717) is 27.7 Å². The van der Waals surface area contributed by atoms with Crippen molar-refractivity contribution in [3.8, 4) is 23.0 Å². The Balaban J connectivity index is 1.54. The van der Waals surface area contributed by atoms with Crippen LogP contribution in [0.3, 0.4) is 0 Å². The van der Waals surface area contributed by atoms with Gasteiger partial charge in [0, 0.05) is 12.1 Å². The second kappa shape index (κ2) is 7.47. The first-order valence-corrected chi connectivity index (χ1v) is 9.38. The number of rotatable bonds is 5. The smallest absolute Gasteiger partial charge is 0.257 e. The highest BCUT2D eigenvalue weighted by Gasteiger charge is 2.21. The van der Waals surface area contributed by atoms with E-state index in [0.717, 1.165) is 5.75 Å². The third-order valence-electron chi connectivity index (χ3n) is 3.79. The molecular weight excluding hydrogens is 362 g/mol. The van der Waals surface area contributed by atoms with Gasteiger partial charge in [0.05, 0.1) is 4.91 Å². The second-order valence-corrected chi connectivity index (χ2v) is 6.94. The average Bonchev–Trinajstić information content (AvgIpc) is 3.01. The number of carbonyl (C=O) groups excluding carboxylic acids is 1. The van der Waals surface area contributed by atoms with E-state index < -0.39 is 11.0 Å². The summed E-state index contributed by atoms with van der Waals surface area (Å²) < 4.78 is 26.0. The van der Waals surface area contributed by atoms with Crippen molar-refractivity contribution >= 4 is 21.8 Å². The Kier molecular flexibility index (Phi) is 4.72. The van der Waals surface area contributed by atoms with E-state index in [1.165, 1.54) is 6.08 Å². The quantitative estimate of drug-likeness (QED) is 0.715. The summed E-state index contributed by atoms with van der Waals surface area (Å²) in [5.41, 5.74) is 0.667. The van der Waals surface area contributed by atoms with E-state index in [9.17, 15) is 9.00 Å². The second-order valence-electron chi connectivity index (χ2n) is 5.76. The fourth-order valence-electron chi connectivity index (χ4n) is 2.61. The minimum atomic E-state index is -1.54. The SMILES string of the molecule is O=C1C=C(c2cccc(Oc3cccc(Oc4ccccc4)c3)c2)S(=O)N1. The molecule has 5 nitrogen and oxygen atoms in total. The van der Waals surface area contributed by atoms with Crippen molar-refractivity contribution < 1.29 is 18.5 Å². The molecule has 0 bridgehead atoms. The first-order valence-electron chi connectivity index (χ1n) is 8.23. The highest BCUT2D eigenvalue weighted by atomic mass is 32.2. The number of hydrogen-bond donors (Lipinski definition) is 1. The Morgan fingerprint density at radius 1 is 0.704 bits per heavy atom. The molecule has 0 aliphatic carbocycles. The van der Waals surface area contributed by atoms with Crippen molar-refractivity contribution in [1.82, 2.24) is 4.72 Å². The third kappa shape index (κ3) is 4.07. The molecule has 0 aromatic heterocycles. The molecule has 0 saturated heterocycles. The zero-order chi connectivity index (χ0) is 18.6. The summed E-state index contributed by atoms with van der Waals surface area (Å²) in [5, 5.41) is 0. The minimum Gasteiger partial charge on any atom is -0.457 e. The van der Waals surface area contributed by atoms with Crippen molar-refractivity contribution in [2.24, 2.45) is 0 Å². The van der Waals surface area contributed by atoms with Gasteiger partial charge < -0.3 is 9.47 Å². The molecule has 3 aromatic carbocycles. The predicted octanol–water partition coefficient (Wildman–Crippen LogP) is 4.41. The van der Waals surface area contributed by atoms with Crippen LogP contribution in [0.4, 0.5) is 0 Å². The molecule has 6 heteroatoms. The number of amides is 1. The summed E-state index contributed by atoms with van der Waals surface area (Å²) >= 11 is 0. The largest absolute Gasteiger partial charge is 0.457 e. The molecule has 1 unspecified atom stereocenters. The molecule has 1 N–H and O–H groups in total. The van der Waals surface area contributed by atoms with Crippen LogP contribution in [0.15, 0.2) is 84.9 Å². The van der Waals surface area contributed by atoms with Gasteiger partial charge in [0.25, 0.3) is 5.91 Å². The highest BCUT2D eigenvalue weighted by Crippen LogP contribution is 2.30. The lowest BCUT2D eigenvalue weighted by Crippen LogP contribution is -2.16. The van der Waals surface area contributed by atoms with Crippen molar-refractivity contribution in [3.63, 3.8) is 0 Å². The third-order valence-corrected chi connectivity index (χ3v) is 4.93. The van der Waals surface area contributed by atoms with Crippen LogP contribution >= 0.6 is 0 Å². The van der Waals surface area contributed by atoms with Crippen LogP contribution in [-0.4, -0.2) is 10.1 Å². The monoisotopic (exact) mass is 377 g/mol. The zero-order valence-electron chi connectivity index (χ0n) is 14.1. The summed E-state index contributed by atoms with van der Waals surface area (Å²) in [5.74, 6) is 2.21. The molecule has 4 rings (SSSR count). The molecule has 0 spiro atoms. The first-order chi connectivity index (χ1) is 13.2. The van der Waals surface area contributed by atoms with Gasteiger partial charge in [0.2, 0.25) is 0 Å². The molecule has 1 atom stereocenters. The maximum absolute atomic E-state index is 11.9. The van der Waals surface area contributed by atoms with Crippen LogP contribution in [0.25, 0.3) is 4.91 Å². The predicted molar refractivity (Wildman–Crippen MR) is 104 cm³/mol. The normalized spacial score (nSPS) is 15.8. The van der Waals surface area contributed by atoms with Gasteiger partial charge in [-0.25, -0.2) is 4.21 Å². The van der Waals surface area contributed by atoms with E-state index in [-0.39, 0.29) is 5.91 Å². The number of nitrogens with one attached hydrogen (secondary N) is 1. The Bertz CT molecular complexity index is 1050. The zero-order valence-corrected chi connectivity index (χ0v) is 14.9. The van der Waals surface area contributed by atoms with Gasteiger partial charge in [-0.1, -0.05) is 36.4 Å². The molecule has 134 valence electrons. The van der Waals surface area contributed by atoms with Gasteiger partial charge >= 0.3 is 0 Å². The summed E-state index contributed by atoms with van der Waals surface area (Å²) in [6, 6.07) is 23.9. The lowest BCUT2D eigenvalue weighted by Gasteiger charge is -2.10. The molecule has 0 saturated carbocycles. The average molecular weight is 377 g/mol. The van der Waals surface area contributed by atoms with Gasteiger partial charge in [0.1, 0.15) is 23.0 Å². The van der Waals surface area contributed by atoms with Gasteiger partial charge in [-0.2, -0.15) is 0 Å². The van der Waals surface area contributed by atoms with Gasteiger partial charge in [-0.15, -0.1) is 0 Å². The number of benzene rings is 3. The van der Waals surface area contributed by atoms with Crippen LogP contribution < -0.4 is 14.2 Å². The number of para-hydroxylation sites is 1. The number of hydrogen-bond acceptors (Lipinski definition) is 4. The van der Waals surface area contributed by atoms with Crippen LogP contribution in [-0.2, 0) is 15.8 Å². The van der Waals surface area contributed by atoms with Crippen LogP contribution in [0.2, 0.25) is 0 Å². The van der Waals surface area contributed by atoms with E-state index in [1.807, 2.05) is 48.5 Å². The summed E-state index contributed by atoms with van der Waals surface area (Å²) in [6.07, 6.45) is 1.34. The highest BCUT2D eigenvalue weighted by molar-refractivity contribution is 7.93. The van der Waals surface area contributed by atoms with Crippen LogP contribution in [0.5, 0.6) is 23.0 Å². The fraction of sp³-hybridized carbons (Fsp3) is 0. The lowest BCUT2D eigenvalue weighted by atomic mass is 10.2. The summed E-state index contributed by atoms with van der Waals surface area (Å²) in [7, 11) is -1.54. The lowest BCUT2D eigenvalue weighted by molar-refractivity contribution is -0.114. The fourth-order valence-corrected chi connectivity index (χ4v) is 3.52. The van der Waals surface area contributed by atoms with Crippen molar-refractivity contribution in [2.75, 3.05) is 0 Å². The van der Waals surface area contributed by atoms with Crippen molar-refractivity contribution in [2.45, 2.75) is 0 Å². The Morgan fingerprint density at radius 2 is 1.30 bits per heavy atom. The van der Waals surface area contributed by atoms with Gasteiger partial charge in [0.15, 0.2) is 11.0 Å². The molecule has 1 aliphatic heterocycles. The molecule has 1 heterocycles. The summed E-state index contributed by atoms with van der Waals surface area (Å²) in [6.45, 7) is 0. The number of carbonyl (C=O) groups is 1. The topological polar surface area (TPSA) is 64.6 Å². The molecule has 0 radical (unpaired) electrons. The molecule has 3 aromatic rings. The van der Waals surface area contributed by atoms with E-state index >= 15 is 0 Å². The van der Waals surface area contributed by atoms with Gasteiger partial charge in [-0.05, 0) is 42.0 Å². The first kappa shape index (κ1) is 17.1. The molecule has 1 amide bonds. The Labute approximate surface area is 158 Å². The molecular formula is C21H15NO4S. The van der Waals surface area contributed by atoms with Crippen LogP contribution in [0, 0.1) is 0 Å². The molecule has 27 heavy (non-hydrogen) atoms. The minimum absolute atomic E-state index is 0.361. The van der Waals surface area contributed by atoms with Gasteiger partial charge in [-0.3, -0.25) is 9.52 Å².